The van der Waals surface area contributed by atoms with Crippen molar-refractivity contribution in [2.75, 3.05) is 11.9 Å². The minimum absolute atomic E-state index is 0.0162. The van der Waals surface area contributed by atoms with Crippen molar-refractivity contribution in [3.8, 4) is 11.5 Å². The number of alkyl halides is 2. The summed E-state index contributed by atoms with van der Waals surface area (Å²) in [6.45, 7) is 0.370. The lowest BCUT2D eigenvalue weighted by Gasteiger charge is -2.10. The van der Waals surface area contributed by atoms with E-state index < -0.39 is 25.1 Å². The second-order valence-corrected chi connectivity index (χ2v) is 5.72. The Morgan fingerprint density at radius 2 is 1.48 bits per heavy atom. The van der Waals surface area contributed by atoms with Crippen LogP contribution in [0.25, 0.3) is 0 Å². The maximum atomic E-state index is 12.1. The van der Waals surface area contributed by atoms with Crippen LogP contribution in [0.1, 0.15) is 24.2 Å². The zero-order chi connectivity index (χ0) is 19.8. The first kappa shape index (κ1) is 20.2. The summed E-state index contributed by atoms with van der Waals surface area (Å²) in [6.07, 6.45) is 0.0162. The monoisotopic (exact) mass is 379 g/mol. The molecule has 27 heavy (non-hydrogen) atoms. The van der Waals surface area contributed by atoms with Gasteiger partial charge in [-0.05, 0) is 62.4 Å². The third kappa shape index (κ3) is 6.93. The Bertz CT molecular complexity index is 761. The Hall–Kier alpha value is -3.16. The number of nitrogens with one attached hydrogen (secondary N) is 1. The molecule has 0 bridgehead atoms. The van der Waals surface area contributed by atoms with Crippen molar-refractivity contribution in [3.05, 3.63) is 54.1 Å². The van der Waals surface area contributed by atoms with E-state index in [1.807, 2.05) is 13.8 Å². The molecular weight excluding hydrogens is 360 g/mol. The first-order valence-electron chi connectivity index (χ1n) is 8.12. The van der Waals surface area contributed by atoms with E-state index in [0.717, 1.165) is 0 Å². The van der Waals surface area contributed by atoms with Gasteiger partial charge >= 0.3 is 12.6 Å². The SMILES string of the molecule is CC(C)Oc1ccc(C(=O)OCC(=O)Nc2ccc(OC(F)F)cc2)cc1. The molecule has 0 aliphatic heterocycles. The number of benzene rings is 2. The van der Waals surface area contributed by atoms with Crippen molar-refractivity contribution in [2.24, 2.45) is 0 Å². The Kier molecular flexibility index (Phi) is 7.10. The number of rotatable bonds is 8. The van der Waals surface area contributed by atoms with Gasteiger partial charge in [0.15, 0.2) is 6.61 Å². The molecule has 1 amide bonds. The number of amides is 1. The fourth-order valence-electron chi connectivity index (χ4n) is 2.07. The zero-order valence-corrected chi connectivity index (χ0v) is 14.8. The van der Waals surface area contributed by atoms with Crippen molar-refractivity contribution in [2.45, 2.75) is 26.6 Å². The van der Waals surface area contributed by atoms with Crippen LogP contribution in [0.4, 0.5) is 14.5 Å². The van der Waals surface area contributed by atoms with Gasteiger partial charge in [0.2, 0.25) is 0 Å². The number of carbonyl (C=O) groups excluding carboxylic acids is 2. The van der Waals surface area contributed by atoms with Crippen molar-refractivity contribution >= 4 is 17.6 Å². The largest absolute Gasteiger partial charge is 0.491 e. The summed E-state index contributed by atoms with van der Waals surface area (Å²) in [7, 11) is 0. The van der Waals surface area contributed by atoms with Crippen LogP contribution in [-0.4, -0.2) is 31.2 Å². The number of ether oxygens (including phenoxy) is 3. The molecule has 0 unspecified atom stereocenters. The minimum atomic E-state index is -2.92. The van der Waals surface area contributed by atoms with Crippen molar-refractivity contribution < 1.29 is 32.6 Å². The molecule has 0 spiro atoms. The lowest BCUT2D eigenvalue weighted by Crippen LogP contribution is -2.20. The van der Waals surface area contributed by atoms with Crippen LogP contribution < -0.4 is 14.8 Å². The summed E-state index contributed by atoms with van der Waals surface area (Å²) in [5.74, 6) is -0.620. The molecule has 0 saturated carbocycles. The molecule has 0 radical (unpaired) electrons. The number of anilines is 1. The standard InChI is InChI=1S/C19H19F2NO5/c1-12(2)26-15-7-3-13(4-8-15)18(24)25-11-17(23)22-14-5-9-16(10-6-14)27-19(20)21/h3-10,12,19H,11H2,1-2H3,(H,22,23). The molecule has 0 aromatic heterocycles. The Balaban J connectivity index is 1.81. The average Bonchev–Trinajstić information content (AvgIpc) is 2.61. The predicted octanol–water partition coefficient (Wildman–Crippen LogP) is 3.87. The van der Waals surface area contributed by atoms with E-state index in [-0.39, 0.29) is 17.4 Å². The number of hydrogen-bond acceptors (Lipinski definition) is 5. The van der Waals surface area contributed by atoms with Gasteiger partial charge < -0.3 is 19.5 Å². The Morgan fingerprint density at radius 1 is 0.926 bits per heavy atom. The second kappa shape index (κ2) is 9.51. The molecule has 144 valence electrons. The van der Waals surface area contributed by atoms with Crippen LogP contribution in [0.2, 0.25) is 0 Å². The van der Waals surface area contributed by atoms with E-state index in [4.69, 9.17) is 9.47 Å². The van der Waals surface area contributed by atoms with Crippen LogP contribution in [0.3, 0.4) is 0 Å². The molecule has 8 heteroatoms. The van der Waals surface area contributed by atoms with E-state index in [2.05, 4.69) is 10.1 Å². The first-order valence-corrected chi connectivity index (χ1v) is 8.12. The first-order chi connectivity index (χ1) is 12.8. The number of carbonyl (C=O) groups is 2. The summed E-state index contributed by atoms with van der Waals surface area (Å²) in [5.41, 5.74) is 0.639. The molecule has 0 atom stereocenters. The van der Waals surface area contributed by atoms with Gasteiger partial charge in [0.25, 0.3) is 5.91 Å². The molecule has 2 aromatic rings. The number of hydrogen-bond donors (Lipinski definition) is 1. The molecule has 2 rings (SSSR count). The van der Waals surface area contributed by atoms with Gasteiger partial charge in [0.05, 0.1) is 11.7 Å². The molecule has 0 heterocycles. The molecular formula is C19H19F2NO5. The van der Waals surface area contributed by atoms with Gasteiger partial charge in [0, 0.05) is 5.69 Å². The molecule has 0 fully saturated rings. The Labute approximate surface area is 155 Å². The molecule has 1 N–H and O–H groups in total. The average molecular weight is 379 g/mol. The predicted molar refractivity (Wildman–Crippen MR) is 94.2 cm³/mol. The topological polar surface area (TPSA) is 73.9 Å². The maximum Gasteiger partial charge on any atom is 0.387 e. The van der Waals surface area contributed by atoms with Gasteiger partial charge in [-0.15, -0.1) is 0 Å². The van der Waals surface area contributed by atoms with Crippen molar-refractivity contribution in [1.82, 2.24) is 0 Å². The fourth-order valence-corrected chi connectivity index (χ4v) is 2.07. The highest BCUT2D eigenvalue weighted by Gasteiger charge is 2.11. The quantitative estimate of drug-likeness (QED) is 0.705. The summed E-state index contributed by atoms with van der Waals surface area (Å²) in [4.78, 5) is 23.8. The van der Waals surface area contributed by atoms with E-state index in [9.17, 15) is 18.4 Å². The van der Waals surface area contributed by atoms with Gasteiger partial charge in [0.1, 0.15) is 11.5 Å². The second-order valence-electron chi connectivity index (χ2n) is 5.72. The Morgan fingerprint density at radius 3 is 2.04 bits per heavy atom. The molecule has 6 nitrogen and oxygen atoms in total. The van der Waals surface area contributed by atoms with E-state index in [1.165, 1.54) is 24.3 Å². The van der Waals surface area contributed by atoms with Gasteiger partial charge in [-0.2, -0.15) is 8.78 Å². The van der Waals surface area contributed by atoms with Crippen LogP contribution in [0.15, 0.2) is 48.5 Å². The van der Waals surface area contributed by atoms with E-state index in [0.29, 0.717) is 11.4 Å². The summed E-state index contributed by atoms with van der Waals surface area (Å²) in [6, 6.07) is 11.7. The lowest BCUT2D eigenvalue weighted by atomic mass is 10.2. The smallest absolute Gasteiger partial charge is 0.387 e. The van der Waals surface area contributed by atoms with Crippen LogP contribution >= 0.6 is 0 Å². The molecule has 2 aromatic carbocycles. The molecule has 0 saturated heterocycles. The highest BCUT2D eigenvalue weighted by Crippen LogP contribution is 2.18. The maximum absolute atomic E-state index is 12.1. The van der Waals surface area contributed by atoms with Gasteiger partial charge in [-0.25, -0.2) is 4.79 Å². The number of halogens is 2. The minimum Gasteiger partial charge on any atom is -0.491 e. The molecule has 0 aliphatic carbocycles. The van der Waals surface area contributed by atoms with E-state index in [1.54, 1.807) is 24.3 Å². The highest BCUT2D eigenvalue weighted by molar-refractivity contribution is 5.95. The summed E-state index contributed by atoms with van der Waals surface area (Å²) in [5, 5.41) is 2.48. The van der Waals surface area contributed by atoms with Gasteiger partial charge in [-0.1, -0.05) is 0 Å². The molecule has 0 aliphatic rings. The number of esters is 1. The lowest BCUT2D eigenvalue weighted by molar-refractivity contribution is -0.119. The van der Waals surface area contributed by atoms with Crippen molar-refractivity contribution in [3.63, 3.8) is 0 Å². The third-order valence-corrected chi connectivity index (χ3v) is 3.16. The third-order valence-electron chi connectivity index (χ3n) is 3.16. The van der Waals surface area contributed by atoms with Crippen LogP contribution in [0, 0.1) is 0 Å². The van der Waals surface area contributed by atoms with Crippen LogP contribution in [0.5, 0.6) is 11.5 Å². The zero-order valence-electron chi connectivity index (χ0n) is 14.8. The highest BCUT2D eigenvalue weighted by atomic mass is 19.3. The summed E-state index contributed by atoms with van der Waals surface area (Å²) < 4.78 is 38.8. The van der Waals surface area contributed by atoms with E-state index >= 15 is 0 Å². The fraction of sp³-hybridized carbons (Fsp3) is 0.263. The van der Waals surface area contributed by atoms with Crippen molar-refractivity contribution in [1.29, 1.82) is 0 Å². The normalized spacial score (nSPS) is 10.6. The van der Waals surface area contributed by atoms with Crippen LogP contribution in [-0.2, 0) is 9.53 Å². The van der Waals surface area contributed by atoms with Gasteiger partial charge in [-0.3, -0.25) is 4.79 Å². The summed E-state index contributed by atoms with van der Waals surface area (Å²) >= 11 is 0.